The van der Waals surface area contributed by atoms with Crippen LogP contribution in [0.1, 0.15) is 44.0 Å². The number of aromatic amines is 1. The van der Waals surface area contributed by atoms with E-state index in [9.17, 15) is 18.6 Å². The van der Waals surface area contributed by atoms with Crippen molar-refractivity contribution < 1.29 is 18.6 Å². The minimum atomic E-state index is -3.53. The van der Waals surface area contributed by atoms with Gasteiger partial charge in [0.25, 0.3) is 0 Å². The Morgan fingerprint density at radius 1 is 1.15 bits per heavy atom. The number of benzene rings is 1. The van der Waals surface area contributed by atoms with Crippen LogP contribution in [0, 0.1) is 5.92 Å². The summed E-state index contributed by atoms with van der Waals surface area (Å²) in [5.41, 5.74) is 2.20. The third-order valence-electron chi connectivity index (χ3n) is 8.11. The molecule has 3 aromatic heterocycles. The molecule has 6 rings (SSSR count). The molecule has 0 amide bonds. The van der Waals surface area contributed by atoms with Crippen LogP contribution < -0.4 is 5.32 Å². The van der Waals surface area contributed by atoms with Crippen LogP contribution in [0.15, 0.2) is 30.7 Å². The second-order valence-electron chi connectivity index (χ2n) is 11.2. The Morgan fingerprint density at radius 3 is 2.68 bits per heavy atom. The van der Waals surface area contributed by atoms with Crippen LogP contribution >= 0.6 is 23.2 Å². The van der Waals surface area contributed by atoms with E-state index in [1.54, 1.807) is 12.1 Å². The van der Waals surface area contributed by atoms with E-state index in [-0.39, 0.29) is 6.54 Å². The van der Waals surface area contributed by atoms with Crippen molar-refractivity contribution in [2.75, 3.05) is 24.7 Å². The van der Waals surface area contributed by atoms with Gasteiger partial charge in [-0.2, -0.15) is 0 Å². The number of sulfonamides is 1. The predicted molar refractivity (Wildman–Crippen MR) is 159 cm³/mol. The molecule has 14 heteroatoms. The highest BCUT2D eigenvalue weighted by atomic mass is 35.5. The zero-order chi connectivity index (χ0) is 28.9. The maximum Gasteiger partial charge on any atom is 0.211 e. The molecule has 4 N–H and O–H groups in total. The summed E-state index contributed by atoms with van der Waals surface area (Å²) in [5.74, 6) is 1.11. The molecular weight excluding hydrogens is 589 g/mol. The Balaban J connectivity index is 1.10. The molecule has 0 bridgehead atoms. The Bertz CT molecular complexity index is 1630. The molecule has 0 spiro atoms. The van der Waals surface area contributed by atoms with Crippen molar-refractivity contribution in [2.45, 2.75) is 62.8 Å². The van der Waals surface area contributed by atoms with E-state index in [0.717, 1.165) is 40.9 Å². The monoisotopic (exact) mass is 621 g/mol. The van der Waals surface area contributed by atoms with Gasteiger partial charge in [0.1, 0.15) is 29.7 Å². The number of nitrogens with zero attached hydrogens (tertiary/aromatic N) is 5. The van der Waals surface area contributed by atoms with Crippen molar-refractivity contribution in [1.82, 2.24) is 28.8 Å². The van der Waals surface area contributed by atoms with Gasteiger partial charge in [0, 0.05) is 37.7 Å². The van der Waals surface area contributed by atoms with E-state index in [0.29, 0.717) is 54.0 Å². The molecule has 4 atom stereocenters. The van der Waals surface area contributed by atoms with E-state index in [4.69, 9.17) is 23.2 Å². The number of nitrogens with one attached hydrogen (secondary N) is 2. The topological polar surface area (TPSA) is 149 Å². The Labute approximate surface area is 248 Å². The number of imidazole rings is 1. The summed E-state index contributed by atoms with van der Waals surface area (Å²) in [6.45, 7) is 0.425. The quantitative estimate of drug-likeness (QED) is 0.185. The number of aromatic nitrogens is 5. The largest absolute Gasteiger partial charge is 0.390 e. The van der Waals surface area contributed by atoms with Gasteiger partial charge >= 0.3 is 0 Å². The van der Waals surface area contributed by atoms with E-state index in [1.807, 2.05) is 16.8 Å². The molecule has 41 heavy (non-hydrogen) atoms. The number of rotatable bonds is 11. The third-order valence-corrected chi connectivity index (χ3v) is 10.1. The third kappa shape index (κ3) is 6.04. The maximum atomic E-state index is 12.7. The van der Waals surface area contributed by atoms with E-state index < -0.39 is 34.2 Å². The standard InChI is InChI=1S/C27H33Cl2N7O4S/c1-41(39,40)35(8-3-2-4-23-33-20-11-18(28)19(29)12-21(20)34-23)13-15-10-22(25(38)24(15)37)36-9-7-17-26(32-16-5-6-16)30-14-31-27(17)36/h7,9,11-12,14-16,22,24-25,37-38H,2-6,8,10,13H2,1H3,(H,33,34)(H,30,31,32)/t15-,22-,24-,25+/m1/s1. The summed E-state index contributed by atoms with van der Waals surface area (Å²) in [6, 6.07) is 5.36. The fourth-order valence-electron chi connectivity index (χ4n) is 5.74. The van der Waals surface area contributed by atoms with Crippen LogP contribution in [0.2, 0.25) is 10.0 Å². The van der Waals surface area contributed by atoms with Crippen LogP contribution in [0.5, 0.6) is 0 Å². The first-order chi connectivity index (χ1) is 19.6. The molecule has 0 saturated heterocycles. The molecule has 220 valence electrons. The van der Waals surface area contributed by atoms with Crippen molar-refractivity contribution in [2.24, 2.45) is 5.92 Å². The first kappa shape index (κ1) is 28.6. The number of hydrogen-bond acceptors (Lipinski definition) is 8. The number of H-pyrrole nitrogens is 1. The normalized spacial score (nSPS) is 23.3. The molecule has 0 aliphatic heterocycles. The highest BCUT2D eigenvalue weighted by molar-refractivity contribution is 7.88. The second kappa shape index (κ2) is 11.3. The van der Waals surface area contributed by atoms with Gasteiger partial charge in [-0.15, -0.1) is 0 Å². The maximum absolute atomic E-state index is 12.7. The van der Waals surface area contributed by atoms with Crippen LogP contribution in [-0.2, 0) is 16.4 Å². The average Bonchev–Trinajstić information content (AvgIpc) is 3.38. The SMILES string of the molecule is CS(=O)(=O)N(CCCCc1nc2cc(Cl)c(Cl)cc2[nH]1)C[C@H]1C[C@@H](n2ccc3c(NC4CC4)ncnc32)[C@H](O)[C@@H]1O. The van der Waals surface area contributed by atoms with Crippen molar-refractivity contribution in [3.05, 3.63) is 46.6 Å². The van der Waals surface area contributed by atoms with Gasteiger partial charge in [0.15, 0.2) is 0 Å². The summed E-state index contributed by atoms with van der Waals surface area (Å²) >= 11 is 12.2. The molecule has 2 saturated carbocycles. The molecule has 11 nitrogen and oxygen atoms in total. The summed E-state index contributed by atoms with van der Waals surface area (Å²) in [6.07, 6.45) is 7.00. The van der Waals surface area contributed by atoms with E-state index in [2.05, 4.69) is 25.3 Å². The van der Waals surface area contributed by atoms with Gasteiger partial charge in [0.05, 0.1) is 44.9 Å². The van der Waals surface area contributed by atoms with Crippen molar-refractivity contribution >= 4 is 61.1 Å². The van der Waals surface area contributed by atoms with Crippen LogP contribution in [0.3, 0.4) is 0 Å². The van der Waals surface area contributed by atoms with E-state index in [1.165, 1.54) is 16.9 Å². The molecule has 4 aromatic rings. The minimum absolute atomic E-state index is 0.123. The summed E-state index contributed by atoms with van der Waals surface area (Å²) in [5, 5.41) is 27.1. The Hall–Kier alpha value is -2.48. The molecule has 0 radical (unpaired) electrons. The first-order valence-corrected chi connectivity index (χ1v) is 16.4. The van der Waals surface area contributed by atoms with Crippen LogP contribution in [0.4, 0.5) is 5.82 Å². The summed E-state index contributed by atoms with van der Waals surface area (Å²) in [4.78, 5) is 16.6. The van der Waals surface area contributed by atoms with Gasteiger partial charge in [-0.3, -0.25) is 0 Å². The van der Waals surface area contributed by atoms with Crippen molar-refractivity contribution in [3.63, 3.8) is 0 Å². The van der Waals surface area contributed by atoms with Gasteiger partial charge in [0.2, 0.25) is 10.0 Å². The lowest BCUT2D eigenvalue weighted by Crippen LogP contribution is -2.39. The minimum Gasteiger partial charge on any atom is -0.390 e. The molecule has 0 unspecified atom stereocenters. The number of aryl methyl sites for hydroxylation is 1. The Morgan fingerprint density at radius 2 is 1.93 bits per heavy atom. The number of aliphatic hydroxyl groups is 2. The highest BCUT2D eigenvalue weighted by Gasteiger charge is 2.44. The van der Waals surface area contributed by atoms with Crippen molar-refractivity contribution in [3.8, 4) is 0 Å². The smallest absolute Gasteiger partial charge is 0.211 e. The van der Waals surface area contributed by atoms with Gasteiger partial charge in [-0.25, -0.2) is 27.7 Å². The number of fused-ring (bicyclic) bond motifs is 2. The number of halogens is 2. The molecule has 1 aromatic carbocycles. The molecular formula is C27H33Cl2N7O4S. The van der Waals surface area contributed by atoms with Gasteiger partial charge in [-0.1, -0.05) is 23.2 Å². The number of unbranched alkanes of at least 4 members (excludes halogenated alkanes) is 1. The second-order valence-corrected chi connectivity index (χ2v) is 14.0. The Kier molecular flexibility index (Phi) is 7.90. The summed E-state index contributed by atoms with van der Waals surface area (Å²) in [7, 11) is -3.53. The number of hydrogen-bond donors (Lipinski definition) is 4. The fraction of sp³-hybridized carbons (Fsp3) is 0.519. The molecule has 2 fully saturated rings. The molecule has 2 aliphatic carbocycles. The van der Waals surface area contributed by atoms with Crippen LogP contribution in [-0.4, -0.2) is 85.0 Å². The molecule has 2 aliphatic rings. The lowest BCUT2D eigenvalue weighted by atomic mass is 10.1. The average molecular weight is 623 g/mol. The van der Waals surface area contributed by atoms with Gasteiger partial charge in [-0.05, 0) is 50.3 Å². The fourth-order valence-corrected chi connectivity index (χ4v) is 6.99. The predicted octanol–water partition coefficient (Wildman–Crippen LogP) is 3.76. The zero-order valence-electron chi connectivity index (χ0n) is 22.5. The van der Waals surface area contributed by atoms with E-state index >= 15 is 0 Å². The zero-order valence-corrected chi connectivity index (χ0v) is 24.9. The highest BCUT2D eigenvalue weighted by Crippen LogP contribution is 2.39. The summed E-state index contributed by atoms with van der Waals surface area (Å²) < 4.78 is 28.6. The first-order valence-electron chi connectivity index (χ1n) is 13.8. The van der Waals surface area contributed by atoms with Crippen LogP contribution in [0.25, 0.3) is 22.1 Å². The van der Waals surface area contributed by atoms with Gasteiger partial charge < -0.3 is 25.1 Å². The molecule has 3 heterocycles. The lowest BCUT2D eigenvalue weighted by molar-refractivity contribution is 0.00403. The van der Waals surface area contributed by atoms with Crippen molar-refractivity contribution in [1.29, 1.82) is 0 Å². The lowest BCUT2D eigenvalue weighted by Gasteiger charge is -2.25. The number of anilines is 1. The number of aliphatic hydroxyl groups excluding tert-OH is 2.